The highest BCUT2D eigenvalue weighted by Gasteiger charge is 2.19. The molecule has 0 aliphatic carbocycles. The van der Waals surface area contributed by atoms with Gasteiger partial charge in [0.25, 0.3) is 0 Å². The molecule has 9 aromatic rings. The van der Waals surface area contributed by atoms with Gasteiger partial charge in [-0.15, -0.1) is 0 Å². The van der Waals surface area contributed by atoms with Crippen molar-refractivity contribution >= 4 is 43.5 Å². The zero-order valence-electron chi connectivity index (χ0n) is 39.3. The lowest BCUT2D eigenvalue weighted by Crippen LogP contribution is -1.92. The Labute approximate surface area is 284 Å². The molecule has 1 nitrogen and oxygen atoms in total. The molecular formula is C44H28O. The molecule has 0 saturated heterocycles. The van der Waals surface area contributed by atoms with Gasteiger partial charge < -0.3 is 4.42 Å². The third-order valence-electron chi connectivity index (χ3n) is 7.91. The predicted molar refractivity (Wildman–Crippen MR) is 190 cm³/mol. The average Bonchev–Trinajstić information content (AvgIpc) is 3.67. The predicted octanol–water partition coefficient (Wildman–Crippen LogP) is 12.6. The van der Waals surface area contributed by atoms with E-state index in [0.717, 1.165) is 0 Å². The molecular weight excluding hydrogens is 544 g/mol. The highest BCUT2D eigenvalue weighted by atomic mass is 16.3. The van der Waals surface area contributed by atoms with E-state index in [9.17, 15) is 4.11 Å². The smallest absolute Gasteiger partial charge is 0.135 e. The maximum absolute atomic E-state index is 9.77. The normalized spacial score (nSPS) is 16.5. The summed E-state index contributed by atoms with van der Waals surface area (Å²) in [5.41, 5.74) is 0.205. The van der Waals surface area contributed by atoms with Crippen molar-refractivity contribution in [3.8, 4) is 44.5 Å². The molecule has 0 aliphatic rings. The molecule has 8 aromatic carbocycles. The van der Waals surface area contributed by atoms with E-state index in [1.54, 1.807) is 60.7 Å². The zero-order chi connectivity index (χ0) is 43.7. The Hall–Kier alpha value is -5.92. The lowest BCUT2D eigenvalue weighted by Gasteiger charge is -2.20. The Bertz CT molecular complexity index is 3360. The lowest BCUT2D eigenvalue weighted by molar-refractivity contribution is 0.669. The lowest BCUT2D eigenvalue weighted by atomic mass is 9.83. The Morgan fingerprint density at radius 3 is 1.67 bits per heavy atom. The SMILES string of the molecule is [2H]c1c([2H])c([2H])c(-c2ccccc2-c2c3ccccc3c(-c3c([2H])c([2H])c([2H])c(-c4c([2H])c([2H])c5oc6c([2H])c([2H])c([2H])c([2H])c6c5c4[2H])c3[2H])c3ccccc23)c([2H])c1[2H]. The van der Waals surface area contributed by atoms with E-state index >= 15 is 0 Å². The highest BCUT2D eigenvalue weighted by molar-refractivity contribution is 6.22. The summed E-state index contributed by atoms with van der Waals surface area (Å²) in [6, 6.07) is 12.5. The monoisotopic (exact) mass is 588 g/mol. The molecule has 1 heteroatoms. The number of furan rings is 1. The summed E-state index contributed by atoms with van der Waals surface area (Å²) in [6.07, 6.45) is 0. The van der Waals surface area contributed by atoms with Crippen LogP contribution in [-0.4, -0.2) is 0 Å². The van der Waals surface area contributed by atoms with Gasteiger partial charge in [-0.2, -0.15) is 0 Å². The van der Waals surface area contributed by atoms with Gasteiger partial charge in [0.05, 0.1) is 21.9 Å². The van der Waals surface area contributed by atoms with Crippen molar-refractivity contribution in [3.63, 3.8) is 0 Å². The van der Waals surface area contributed by atoms with Crippen molar-refractivity contribution in [1.82, 2.24) is 0 Å². The van der Waals surface area contributed by atoms with Crippen LogP contribution in [0.4, 0.5) is 0 Å². The summed E-state index contributed by atoms with van der Waals surface area (Å²) in [5, 5.41) is 1.70. The number of hydrogen-bond donors (Lipinski definition) is 0. The number of benzene rings is 8. The van der Waals surface area contributed by atoms with Gasteiger partial charge in [0.1, 0.15) is 11.2 Å². The highest BCUT2D eigenvalue weighted by Crippen LogP contribution is 2.46. The van der Waals surface area contributed by atoms with Gasteiger partial charge in [-0.05, 0) is 90.2 Å². The van der Waals surface area contributed by atoms with Crippen molar-refractivity contribution in [2.75, 3.05) is 0 Å². The van der Waals surface area contributed by atoms with Crippen LogP contribution in [0.5, 0.6) is 0 Å². The second kappa shape index (κ2) is 10.4. The summed E-state index contributed by atoms with van der Waals surface area (Å²) < 4.78 is 146. The summed E-state index contributed by atoms with van der Waals surface area (Å²) in [4.78, 5) is 0. The molecule has 0 spiro atoms. The third kappa shape index (κ3) is 4.17. The maximum atomic E-state index is 9.77. The molecule has 1 aromatic heterocycles. The largest absolute Gasteiger partial charge is 0.456 e. The summed E-state index contributed by atoms with van der Waals surface area (Å²) in [6.45, 7) is 0. The van der Waals surface area contributed by atoms with E-state index in [-0.39, 0.29) is 45.2 Å². The Morgan fingerprint density at radius 1 is 0.356 bits per heavy atom. The molecule has 1 heterocycles. The number of fused-ring (bicyclic) bond motifs is 5. The van der Waals surface area contributed by atoms with Crippen LogP contribution >= 0.6 is 0 Å². The van der Waals surface area contributed by atoms with Gasteiger partial charge in [0.15, 0.2) is 0 Å². The third-order valence-corrected chi connectivity index (χ3v) is 7.91. The molecule has 45 heavy (non-hydrogen) atoms. The average molecular weight is 589 g/mol. The molecule has 0 aliphatic heterocycles. The first-order valence-corrected chi connectivity index (χ1v) is 14.1. The van der Waals surface area contributed by atoms with Gasteiger partial charge in [-0.25, -0.2) is 0 Å². The first-order chi connectivity index (χ1) is 29.0. The van der Waals surface area contributed by atoms with E-state index in [1.807, 2.05) is 12.1 Å². The standard InChI is InChI=1S/C44H28O/c1-2-13-29(14-3-1)33-17-4-5-19-35(33)44-38-22-8-6-20-36(38)43(37-21-7-9-23-39(37)44)32-16-12-15-30(27-32)31-25-26-42-40(28-31)34-18-10-11-24-41(34)45-42/h1-28H/i1D,2D,3D,10D,11D,12D,13D,14D,15D,16D,18D,24D,25D,26D,27D,28D. The number of hydrogen-bond acceptors (Lipinski definition) is 1. The van der Waals surface area contributed by atoms with E-state index < -0.39 is 95.7 Å². The molecule has 0 bridgehead atoms. The van der Waals surface area contributed by atoms with Crippen LogP contribution in [0.15, 0.2) is 174 Å². The molecule has 0 atom stereocenters. The van der Waals surface area contributed by atoms with Gasteiger partial charge in [0, 0.05) is 10.8 Å². The summed E-state index contributed by atoms with van der Waals surface area (Å²) >= 11 is 0. The minimum Gasteiger partial charge on any atom is -0.456 e. The molecule has 0 radical (unpaired) electrons. The molecule has 0 unspecified atom stereocenters. The Kier molecular flexibility index (Phi) is 3.28. The second-order valence-corrected chi connectivity index (χ2v) is 10.4. The van der Waals surface area contributed by atoms with E-state index in [1.165, 1.54) is 0 Å². The minimum atomic E-state index is -0.660. The van der Waals surface area contributed by atoms with Crippen LogP contribution in [0.1, 0.15) is 21.9 Å². The minimum absolute atomic E-state index is 0.000600. The Morgan fingerprint density at radius 2 is 0.911 bits per heavy atom. The molecule has 0 N–H and O–H groups in total. The number of para-hydroxylation sites is 1. The topological polar surface area (TPSA) is 13.1 Å². The Balaban J connectivity index is 1.40. The van der Waals surface area contributed by atoms with Crippen LogP contribution in [0.3, 0.4) is 0 Å². The maximum Gasteiger partial charge on any atom is 0.135 e. The van der Waals surface area contributed by atoms with E-state index in [4.69, 9.17) is 22.2 Å². The van der Waals surface area contributed by atoms with Crippen LogP contribution in [-0.2, 0) is 0 Å². The first-order valence-electron chi connectivity index (χ1n) is 22.1. The van der Waals surface area contributed by atoms with Crippen LogP contribution in [0, 0.1) is 0 Å². The summed E-state index contributed by atoms with van der Waals surface area (Å²) in [7, 11) is 0. The zero-order valence-corrected chi connectivity index (χ0v) is 23.3. The van der Waals surface area contributed by atoms with Gasteiger partial charge in [-0.3, -0.25) is 0 Å². The van der Waals surface area contributed by atoms with E-state index in [2.05, 4.69) is 0 Å². The van der Waals surface area contributed by atoms with Crippen molar-refractivity contribution < 1.29 is 26.3 Å². The van der Waals surface area contributed by atoms with Crippen molar-refractivity contribution in [1.29, 1.82) is 0 Å². The van der Waals surface area contributed by atoms with Crippen molar-refractivity contribution in [2.24, 2.45) is 0 Å². The van der Waals surface area contributed by atoms with E-state index in [0.29, 0.717) is 43.8 Å². The fourth-order valence-corrected chi connectivity index (χ4v) is 6.01. The number of rotatable bonds is 4. The van der Waals surface area contributed by atoms with Crippen molar-refractivity contribution in [3.05, 3.63) is 169 Å². The van der Waals surface area contributed by atoms with Crippen LogP contribution in [0.2, 0.25) is 0 Å². The molecule has 9 rings (SSSR count). The van der Waals surface area contributed by atoms with Gasteiger partial charge >= 0.3 is 0 Å². The quantitative estimate of drug-likeness (QED) is 0.186. The van der Waals surface area contributed by atoms with Crippen molar-refractivity contribution in [2.45, 2.75) is 0 Å². The van der Waals surface area contributed by atoms with Crippen LogP contribution in [0.25, 0.3) is 88.0 Å². The fourth-order valence-electron chi connectivity index (χ4n) is 6.01. The molecule has 210 valence electrons. The fraction of sp³-hybridized carbons (Fsp3) is 0. The molecule has 0 fully saturated rings. The first kappa shape index (κ1) is 14.2. The van der Waals surface area contributed by atoms with Gasteiger partial charge in [0.2, 0.25) is 0 Å². The van der Waals surface area contributed by atoms with Gasteiger partial charge in [-0.1, -0.05) is 145 Å². The summed E-state index contributed by atoms with van der Waals surface area (Å²) in [5.74, 6) is 0. The molecule has 0 saturated carbocycles. The molecule has 0 amide bonds. The van der Waals surface area contributed by atoms with Crippen LogP contribution < -0.4 is 0 Å². The second-order valence-electron chi connectivity index (χ2n) is 10.4.